The number of thiazole rings is 1. The highest BCUT2D eigenvalue weighted by atomic mass is 32.1. The van der Waals surface area contributed by atoms with Crippen molar-refractivity contribution in [2.24, 2.45) is 5.92 Å². The smallest absolute Gasteiger partial charge is 0.245 e. The zero-order valence-electron chi connectivity index (χ0n) is 22.9. The standard InChI is InChI=1S/C29H34N4O6S/c1-16(2)26(24-11-21(32-39-24)12-25-37-9-10-38-25)29(36)33-14-22(34)13-23(33)28(35)31-17(3)19-5-7-20(8-6-19)27-18(4)30-15-40-27/h5-11,15-17,22-23,25-26,34H,12-14H2,1-4H3,(H,31,35)/t17-,22+,23-,26+/m0/s1. The van der Waals surface area contributed by atoms with Gasteiger partial charge in [-0.2, -0.15) is 0 Å². The van der Waals surface area contributed by atoms with Gasteiger partial charge in [-0.05, 0) is 30.9 Å². The molecule has 11 heteroatoms. The minimum absolute atomic E-state index is 0.0772. The number of aliphatic hydroxyl groups excluding tert-OH is 1. The predicted molar refractivity (Wildman–Crippen MR) is 148 cm³/mol. The number of aryl methyl sites for hydroxylation is 1. The van der Waals surface area contributed by atoms with Crippen molar-refractivity contribution in [2.45, 2.75) is 70.9 Å². The molecular weight excluding hydrogens is 532 g/mol. The Labute approximate surface area is 237 Å². The van der Waals surface area contributed by atoms with Crippen LogP contribution >= 0.6 is 11.3 Å². The molecule has 212 valence electrons. The molecule has 0 spiro atoms. The fraction of sp³-hybridized carbons (Fsp3) is 0.448. The highest BCUT2D eigenvalue weighted by Gasteiger charge is 2.43. The Hall–Kier alpha value is -3.70. The molecule has 4 heterocycles. The molecule has 2 aliphatic heterocycles. The number of aliphatic hydroxyl groups is 1. The Morgan fingerprint density at radius 1 is 1.18 bits per heavy atom. The lowest BCUT2D eigenvalue weighted by atomic mass is 9.91. The van der Waals surface area contributed by atoms with E-state index < -0.39 is 24.4 Å². The molecule has 4 atom stereocenters. The largest absolute Gasteiger partial charge is 0.459 e. The number of nitrogens with zero attached hydrogens (tertiary/aromatic N) is 3. The molecule has 2 aromatic heterocycles. The number of hydrogen-bond acceptors (Lipinski definition) is 9. The molecule has 40 heavy (non-hydrogen) atoms. The summed E-state index contributed by atoms with van der Waals surface area (Å²) in [4.78, 5) is 34.1. The lowest BCUT2D eigenvalue weighted by Gasteiger charge is -2.29. The van der Waals surface area contributed by atoms with Crippen LogP contribution in [0.1, 0.15) is 61.9 Å². The van der Waals surface area contributed by atoms with Crippen LogP contribution in [0.4, 0.5) is 0 Å². The van der Waals surface area contributed by atoms with Gasteiger partial charge in [-0.25, -0.2) is 4.98 Å². The fourth-order valence-electron chi connectivity index (χ4n) is 5.22. The minimum Gasteiger partial charge on any atom is -0.459 e. The summed E-state index contributed by atoms with van der Waals surface area (Å²) >= 11 is 1.59. The van der Waals surface area contributed by atoms with E-state index in [4.69, 9.17) is 14.0 Å². The van der Waals surface area contributed by atoms with E-state index in [0.29, 0.717) is 17.9 Å². The van der Waals surface area contributed by atoms with Gasteiger partial charge >= 0.3 is 0 Å². The molecule has 1 fully saturated rings. The number of aromatic nitrogens is 2. The van der Waals surface area contributed by atoms with Crippen LogP contribution in [0.5, 0.6) is 0 Å². The van der Waals surface area contributed by atoms with Crippen LogP contribution in [0.15, 0.2) is 52.9 Å². The summed E-state index contributed by atoms with van der Waals surface area (Å²) in [6.07, 6.45) is 2.20. The zero-order valence-corrected chi connectivity index (χ0v) is 23.8. The van der Waals surface area contributed by atoms with Crippen LogP contribution < -0.4 is 5.32 Å². The molecule has 5 rings (SSSR count). The predicted octanol–water partition coefficient (Wildman–Crippen LogP) is 4.07. The number of nitrogens with one attached hydrogen (secondary N) is 1. The SMILES string of the molecule is Cc1ncsc1-c1ccc([C@H](C)NC(=O)[C@@H]2C[C@@H](O)CN2C(=O)[C@@H](c2cc(CC3OC=CO3)no2)C(C)C)cc1. The maximum Gasteiger partial charge on any atom is 0.245 e. The number of amides is 2. The second-order valence-electron chi connectivity index (χ2n) is 10.6. The molecule has 0 aliphatic carbocycles. The van der Waals surface area contributed by atoms with Crippen molar-refractivity contribution in [1.29, 1.82) is 0 Å². The van der Waals surface area contributed by atoms with Crippen molar-refractivity contribution < 1.29 is 28.7 Å². The summed E-state index contributed by atoms with van der Waals surface area (Å²) in [6, 6.07) is 8.67. The number of carbonyl (C=O) groups excluding carboxylic acids is 2. The van der Waals surface area contributed by atoms with Gasteiger partial charge in [0, 0.05) is 19.0 Å². The van der Waals surface area contributed by atoms with Gasteiger partial charge in [-0.1, -0.05) is 43.3 Å². The quantitative estimate of drug-likeness (QED) is 0.397. The molecule has 2 amide bonds. The van der Waals surface area contributed by atoms with Crippen LogP contribution in [0.3, 0.4) is 0 Å². The Morgan fingerprint density at radius 2 is 1.90 bits per heavy atom. The van der Waals surface area contributed by atoms with E-state index in [1.54, 1.807) is 17.4 Å². The van der Waals surface area contributed by atoms with Crippen molar-refractivity contribution in [3.8, 4) is 10.4 Å². The molecule has 2 N–H and O–H groups in total. The second kappa shape index (κ2) is 11.8. The van der Waals surface area contributed by atoms with Gasteiger partial charge in [0.1, 0.15) is 30.2 Å². The van der Waals surface area contributed by atoms with E-state index in [2.05, 4.69) is 15.5 Å². The van der Waals surface area contributed by atoms with Gasteiger partial charge in [0.2, 0.25) is 18.1 Å². The number of rotatable bonds is 9. The van der Waals surface area contributed by atoms with Crippen molar-refractivity contribution >= 4 is 23.2 Å². The number of likely N-dealkylation sites (tertiary alicyclic amines) is 1. The molecule has 2 aliphatic rings. The molecule has 0 unspecified atom stereocenters. The Morgan fingerprint density at radius 3 is 2.55 bits per heavy atom. The highest BCUT2D eigenvalue weighted by molar-refractivity contribution is 7.13. The third-order valence-electron chi connectivity index (χ3n) is 7.35. The van der Waals surface area contributed by atoms with Gasteiger partial charge in [-0.3, -0.25) is 9.59 Å². The number of benzene rings is 1. The first-order valence-electron chi connectivity index (χ1n) is 13.4. The Kier molecular flexibility index (Phi) is 8.22. The van der Waals surface area contributed by atoms with E-state index in [0.717, 1.165) is 21.7 Å². The van der Waals surface area contributed by atoms with Crippen molar-refractivity contribution in [3.05, 3.63) is 71.1 Å². The van der Waals surface area contributed by atoms with E-state index in [1.165, 1.54) is 17.4 Å². The third kappa shape index (κ3) is 5.90. The van der Waals surface area contributed by atoms with Crippen LogP contribution in [-0.2, 0) is 25.5 Å². The second-order valence-corrected chi connectivity index (χ2v) is 11.5. The van der Waals surface area contributed by atoms with Crippen molar-refractivity contribution in [1.82, 2.24) is 20.4 Å². The molecule has 1 saturated heterocycles. The first kappa shape index (κ1) is 27.9. The fourth-order valence-corrected chi connectivity index (χ4v) is 6.04. The molecule has 0 bridgehead atoms. The van der Waals surface area contributed by atoms with E-state index in [9.17, 15) is 14.7 Å². The summed E-state index contributed by atoms with van der Waals surface area (Å²) in [6.45, 7) is 7.79. The van der Waals surface area contributed by atoms with E-state index in [-0.39, 0.29) is 36.7 Å². The summed E-state index contributed by atoms with van der Waals surface area (Å²) < 4.78 is 16.2. The maximum absolute atomic E-state index is 13.8. The third-order valence-corrected chi connectivity index (χ3v) is 8.33. The average molecular weight is 567 g/mol. The molecule has 0 radical (unpaired) electrons. The number of carbonyl (C=O) groups is 2. The summed E-state index contributed by atoms with van der Waals surface area (Å²) in [5.41, 5.74) is 5.43. The maximum atomic E-state index is 13.8. The normalized spacial score (nSPS) is 20.4. The highest BCUT2D eigenvalue weighted by Crippen LogP contribution is 2.32. The van der Waals surface area contributed by atoms with Crippen LogP contribution in [0, 0.1) is 12.8 Å². The van der Waals surface area contributed by atoms with Gasteiger partial charge in [0.15, 0.2) is 0 Å². The molecule has 1 aromatic carbocycles. The lowest BCUT2D eigenvalue weighted by Crippen LogP contribution is -2.48. The first-order valence-corrected chi connectivity index (χ1v) is 14.3. The lowest BCUT2D eigenvalue weighted by molar-refractivity contribution is -0.141. The van der Waals surface area contributed by atoms with Gasteiger partial charge in [0.05, 0.1) is 40.3 Å². The summed E-state index contributed by atoms with van der Waals surface area (Å²) in [5, 5.41) is 17.6. The molecular formula is C29H34N4O6S. The van der Waals surface area contributed by atoms with Crippen LogP contribution in [0.25, 0.3) is 10.4 Å². The van der Waals surface area contributed by atoms with Gasteiger partial charge < -0.3 is 29.3 Å². The van der Waals surface area contributed by atoms with Crippen molar-refractivity contribution in [3.63, 3.8) is 0 Å². The number of β-amino-alcohol motifs (C(OH)–C–C–N with tert-alkyl or cyclic N) is 1. The average Bonchev–Trinajstić information content (AvgIpc) is 3.73. The van der Waals surface area contributed by atoms with E-state index >= 15 is 0 Å². The summed E-state index contributed by atoms with van der Waals surface area (Å²) in [5.74, 6) is -0.961. The number of ether oxygens (including phenoxy) is 2. The topological polar surface area (TPSA) is 127 Å². The summed E-state index contributed by atoms with van der Waals surface area (Å²) in [7, 11) is 0. The number of hydrogen-bond donors (Lipinski definition) is 2. The van der Waals surface area contributed by atoms with Crippen LogP contribution in [0.2, 0.25) is 0 Å². The van der Waals surface area contributed by atoms with Gasteiger partial charge in [0.25, 0.3) is 0 Å². The van der Waals surface area contributed by atoms with E-state index in [1.807, 2.05) is 57.5 Å². The zero-order chi connectivity index (χ0) is 28.4. The molecule has 3 aromatic rings. The Bertz CT molecular complexity index is 1360. The first-order chi connectivity index (χ1) is 19.2. The van der Waals surface area contributed by atoms with Gasteiger partial charge in [-0.15, -0.1) is 11.3 Å². The Balaban J connectivity index is 1.27. The molecule has 0 saturated carbocycles. The monoisotopic (exact) mass is 566 g/mol. The molecule has 10 nitrogen and oxygen atoms in total. The van der Waals surface area contributed by atoms with Crippen molar-refractivity contribution in [2.75, 3.05) is 6.54 Å². The van der Waals surface area contributed by atoms with Crippen LogP contribution in [-0.4, -0.2) is 56.9 Å². The minimum atomic E-state index is -0.793.